The number of para-hydroxylation sites is 1. The Bertz CT molecular complexity index is 1130. The number of rotatable bonds is 6. The maximum absolute atomic E-state index is 13.5. The van der Waals surface area contributed by atoms with Crippen molar-refractivity contribution in [2.24, 2.45) is 11.8 Å². The third-order valence-electron chi connectivity index (χ3n) is 6.11. The number of carbonyl (C=O) groups is 2. The molecule has 2 aromatic rings. The summed E-state index contributed by atoms with van der Waals surface area (Å²) in [5, 5.41) is 0. The first-order valence-corrected chi connectivity index (χ1v) is 11.8. The second kappa shape index (κ2) is 7.67. The van der Waals surface area contributed by atoms with E-state index in [2.05, 4.69) is 0 Å². The van der Waals surface area contributed by atoms with Gasteiger partial charge in [0.15, 0.2) is 0 Å². The van der Waals surface area contributed by atoms with Gasteiger partial charge in [-0.1, -0.05) is 35.9 Å². The number of anilines is 1. The molecule has 0 unspecified atom stereocenters. The molecule has 0 spiro atoms. The van der Waals surface area contributed by atoms with Gasteiger partial charge >= 0.3 is 11.9 Å². The van der Waals surface area contributed by atoms with E-state index in [1.54, 1.807) is 62.4 Å². The Hall–Kier alpha value is -2.87. The number of hydrogen-bond donors (Lipinski definition) is 0. The van der Waals surface area contributed by atoms with Crippen molar-refractivity contribution in [3.05, 3.63) is 59.7 Å². The van der Waals surface area contributed by atoms with Gasteiger partial charge in [-0.2, -0.15) is 0 Å². The summed E-state index contributed by atoms with van der Waals surface area (Å²) in [7, 11) is -3.90. The Labute approximate surface area is 182 Å². The second-order valence-corrected chi connectivity index (χ2v) is 9.65. The fourth-order valence-electron chi connectivity index (χ4n) is 4.68. The monoisotopic (exact) mass is 443 g/mol. The highest BCUT2D eigenvalue weighted by Gasteiger charge is 2.78. The number of fused-ring (bicyclic) bond motifs is 3. The van der Waals surface area contributed by atoms with Gasteiger partial charge in [0, 0.05) is 12.5 Å². The Balaban J connectivity index is 1.85. The zero-order valence-corrected chi connectivity index (χ0v) is 18.5. The summed E-state index contributed by atoms with van der Waals surface area (Å²) in [6.07, 6.45) is 0. The lowest BCUT2D eigenvalue weighted by Crippen LogP contribution is -2.41. The minimum Gasteiger partial charge on any atom is -0.466 e. The molecule has 0 bridgehead atoms. The first kappa shape index (κ1) is 21.4. The molecular formula is C23H25NO6S. The average molecular weight is 444 g/mol. The number of sulfonamides is 1. The Morgan fingerprint density at radius 3 is 2.32 bits per heavy atom. The number of esters is 2. The van der Waals surface area contributed by atoms with Crippen LogP contribution in [0.25, 0.3) is 0 Å². The highest BCUT2D eigenvalue weighted by Crippen LogP contribution is 2.66. The summed E-state index contributed by atoms with van der Waals surface area (Å²) >= 11 is 0. The quantitative estimate of drug-likeness (QED) is 0.638. The average Bonchev–Trinajstić information content (AvgIpc) is 3.44. The molecule has 1 fully saturated rings. The summed E-state index contributed by atoms with van der Waals surface area (Å²) in [6, 6.07) is 13.4. The van der Waals surface area contributed by atoms with Crippen LogP contribution < -0.4 is 4.31 Å². The van der Waals surface area contributed by atoms with E-state index >= 15 is 0 Å². The largest absolute Gasteiger partial charge is 0.466 e. The Morgan fingerprint density at radius 2 is 1.68 bits per heavy atom. The zero-order valence-electron chi connectivity index (χ0n) is 17.7. The van der Waals surface area contributed by atoms with Crippen LogP contribution in [0.4, 0.5) is 5.69 Å². The van der Waals surface area contributed by atoms with Crippen LogP contribution in [0.2, 0.25) is 0 Å². The number of ether oxygens (including phenoxy) is 2. The van der Waals surface area contributed by atoms with Gasteiger partial charge in [-0.15, -0.1) is 0 Å². The minimum absolute atomic E-state index is 0.00445. The predicted molar refractivity (Wildman–Crippen MR) is 114 cm³/mol. The van der Waals surface area contributed by atoms with Gasteiger partial charge in [-0.3, -0.25) is 13.9 Å². The molecule has 3 atom stereocenters. The normalized spacial score (nSPS) is 24.0. The van der Waals surface area contributed by atoms with Gasteiger partial charge in [-0.05, 0) is 44.5 Å². The van der Waals surface area contributed by atoms with Crippen molar-refractivity contribution in [3.63, 3.8) is 0 Å². The summed E-state index contributed by atoms with van der Waals surface area (Å²) in [5.41, 5.74) is 0.597. The van der Waals surface area contributed by atoms with E-state index in [1.165, 1.54) is 4.31 Å². The number of benzene rings is 2. The molecule has 2 aliphatic rings. The summed E-state index contributed by atoms with van der Waals surface area (Å²) in [6.45, 7) is 5.62. The van der Waals surface area contributed by atoms with Crippen molar-refractivity contribution < 1.29 is 27.5 Å². The van der Waals surface area contributed by atoms with Crippen LogP contribution in [0.3, 0.4) is 0 Å². The lowest BCUT2D eigenvalue weighted by atomic mass is 9.88. The topological polar surface area (TPSA) is 90.0 Å². The SMILES string of the molecule is CCOC(=O)[C@H]1[C@@H]2CN(S(=O)(=O)c3ccc(C)cc3)c3ccccc3[C@@]21C(=O)OCC. The van der Waals surface area contributed by atoms with Crippen LogP contribution >= 0.6 is 0 Å². The summed E-state index contributed by atoms with van der Waals surface area (Å²) in [5.74, 6) is -2.37. The molecule has 7 nitrogen and oxygen atoms in total. The van der Waals surface area contributed by atoms with Crippen LogP contribution in [0, 0.1) is 18.8 Å². The third kappa shape index (κ3) is 3.12. The van der Waals surface area contributed by atoms with Gasteiger partial charge in [0.1, 0.15) is 5.41 Å². The fraction of sp³-hybridized carbons (Fsp3) is 0.391. The molecule has 4 rings (SSSR count). The molecule has 0 radical (unpaired) electrons. The van der Waals surface area contributed by atoms with Crippen LogP contribution in [-0.4, -0.2) is 40.1 Å². The lowest BCUT2D eigenvalue weighted by Gasteiger charge is -2.33. The smallest absolute Gasteiger partial charge is 0.317 e. The molecular weight excluding hydrogens is 418 g/mol. The van der Waals surface area contributed by atoms with E-state index in [4.69, 9.17) is 9.47 Å². The molecule has 1 saturated carbocycles. The van der Waals surface area contributed by atoms with Crippen molar-refractivity contribution in [2.75, 3.05) is 24.1 Å². The third-order valence-corrected chi connectivity index (χ3v) is 7.91. The van der Waals surface area contributed by atoms with Crippen LogP contribution in [-0.2, 0) is 34.5 Å². The van der Waals surface area contributed by atoms with Crippen molar-refractivity contribution in [1.29, 1.82) is 0 Å². The minimum atomic E-state index is -3.90. The Morgan fingerprint density at radius 1 is 1.03 bits per heavy atom. The predicted octanol–water partition coefficient (Wildman–Crippen LogP) is 2.81. The van der Waals surface area contributed by atoms with E-state index in [9.17, 15) is 18.0 Å². The molecule has 1 aliphatic heterocycles. The van der Waals surface area contributed by atoms with Crippen molar-refractivity contribution in [1.82, 2.24) is 0 Å². The van der Waals surface area contributed by atoms with Gasteiger partial charge in [0.2, 0.25) is 0 Å². The molecule has 2 aromatic carbocycles. The molecule has 164 valence electrons. The van der Waals surface area contributed by atoms with E-state index in [-0.39, 0.29) is 24.7 Å². The molecule has 31 heavy (non-hydrogen) atoms. The molecule has 0 amide bonds. The molecule has 1 heterocycles. The van der Waals surface area contributed by atoms with Crippen molar-refractivity contribution in [2.45, 2.75) is 31.1 Å². The lowest BCUT2D eigenvalue weighted by molar-refractivity contribution is -0.152. The summed E-state index contributed by atoms with van der Waals surface area (Å²) in [4.78, 5) is 26.0. The van der Waals surface area contributed by atoms with Crippen molar-refractivity contribution >= 4 is 27.6 Å². The maximum atomic E-state index is 13.5. The number of nitrogens with zero attached hydrogens (tertiary/aromatic N) is 1. The second-order valence-electron chi connectivity index (χ2n) is 7.79. The first-order chi connectivity index (χ1) is 14.8. The van der Waals surface area contributed by atoms with Crippen LogP contribution in [0.15, 0.2) is 53.4 Å². The highest BCUT2D eigenvalue weighted by atomic mass is 32.2. The standard InChI is InChI=1S/C23H25NO6S/c1-4-29-21(25)20-18-14-24(31(27,28)16-12-10-15(3)11-13-16)19-9-7-6-8-17(19)23(18,20)22(26)30-5-2/h6-13,18,20H,4-5,14H2,1-3H3/t18-,20+,23+/m0/s1. The molecule has 0 N–H and O–H groups in total. The Kier molecular flexibility index (Phi) is 5.29. The first-order valence-electron chi connectivity index (χ1n) is 10.3. The van der Waals surface area contributed by atoms with Crippen molar-refractivity contribution in [3.8, 4) is 0 Å². The van der Waals surface area contributed by atoms with Gasteiger partial charge in [0.25, 0.3) is 10.0 Å². The van der Waals surface area contributed by atoms with Gasteiger partial charge < -0.3 is 9.47 Å². The highest BCUT2D eigenvalue weighted by molar-refractivity contribution is 7.92. The van der Waals surface area contributed by atoms with E-state index in [0.717, 1.165) is 5.56 Å². The summed E-state index contributed by atoms with van der Waals surface area (Å²) < 4.78 is 38.9. The maximum Gasteiger partial charge on any atom is 0.317 e. The van der Waals surface area contributed by atoms with E-state index in [0.29, 0.717) is 11.3 Å². The van der Waals surface area contributed by atoms with Gasteiger partial charge in [-0.25, -0.2) is 8.42 Å². The zero-order chi connectivity index (χ0) is 22.4. The number of hydrogen-bond acceptors (Lipinski definition) is 6. The van der Waals surface area contributed by atoms with E-state index in [1.807, 2.05) is 6.92 Å². The number of carbonyl (C=O) groups excluding carboxylic acids is 2. The van der Waals surface area contributed by atoms with Gasteiger partial charge in [0.05, 0.1) is 29.7 Å². The molecule has 1 aliphatic carbocycles. The fourth-order valence-corrected chi connectivity index (χ4v) is 6.19. The van der Waals surface area contributed by atoms with Crippen LogP contribution in [0.5, 0.6) is 0 Å². The molecule has 0 saturated heterocycles. The number of aryl methyl sites for hydroxylation is 1. The molecule has 8 heteroatoms. The van der Waals surface area contributed by atoms with Crippen LogP contribution in [0.1, 0.15) is 25.0 Å². The van der Waals surface area contributed by atoms with E-state index < -0.39 is 39.2 Å². The molecule has 0 aromatic heterocycles.